The Labute approximate surface area is 160 Å². The highest BCUT2D eigenvalue weighted by Gasteiger charge is 2.15. The van der Waals surface area contributed by atoms with Crippen molar-refractivity contribution in [1.82, 2.24) is 15.2 Å². The Hall–Kier alpha value is -3.17. The van der Waals surface area contributed by atoms with E-state index in [1.807, 2.05) is 6.07 Å². The van der Waals surface area contributed by atoms with Gasteiger partial charge in [-0.05, 0) is 42.0 Å². The molecule has 0 aliphatic heterocycles. The zero-order chi connectivity index (χ0) is 19.3. The smallest absolute Gasteiger partial charge is 0.264 e. The second-order valence-electron chi connectivity index (χ2n) is 5.31. The number of halogens is 1. The molecule has 1 heterocycles. The lowest BCUT2D eigenvalue weighted by molar-refractivity contribution is -0.111. The number of H-pyrrole nitrogens is 1. The van der Waals surface area contributed by atoms with Gasteiger partial charge in [0.25, 0.3) is 10.0 Å². The van der Waals surface area contributed by atoms with Crippen LogP contribution < -0.4 is 10.0 Å². The van der Waals surface area contributed by atoms with Crippen LogP contribution in [-0.4, -0.2) is 29.5 Å². The highest BCUT2D eigenvalue weighted by atomic mass is 35.5. The standard InChI is InChI=1S/C17H14ClN5O3S/c18-15-4-2-1-3-12(15)5-10-16(24)21-13-6-8-14(9-7-13)27(25,26)23-17-19-11-20-22-17/h1-11H,(H,21,24)(H2,19,20,22,23). The first kappa shape index (κ1) is 18.6. The van der Waals surface area contributed by atoms with E-state index in [4.69, 9.17) is 11.6 Å². The third kappa shape index (κ3) is 4.93. The minimum atomic E-state index is -3.80. The zero-order valence-electron chi connectivity index (χ0n) is 13.8. The number of benzene rings is 2. The van der Waals surface area contributed by atoms with E-state index in [1.54, 1.807) is 24.3 Å². The summed E-state index contributed by atoms with van der Waals surface area (Å²) >= 11 is 6.02. The van der Waals surface area contributed by atoms with Gasteiger partial charge in [0, 0.05) is 16.8 Å². The van der Waals surface area contributed by atoms with Crippen LogP contribution in [0.25, 0.3) is 6.08 Å². The second-order valence-corrected chi connectivity index (χ2v) is 7.40. The van der Waals surface area contributed by atoms with Crippen molar-refractivity contribution >= 4 is 45.2 Å². The molecular weight excluding hydrogens is 390 g/mol. The van der Waals surface area contributed by atoms with E-state index in [0.29, 0.717) is 16.3 Å². The molecule has 0 saturated carbocycles. The Kier molecular flexibility index (Phi) is 5.53. The molecule has 3 rings (SSSR count). The van der Waals surface area contributed by atoms with E-state index >= 15 is 0 Å². The van der Waals surface area contributed by atoms with Crippen LogP contribution in [0.15, 0.2) is 65.8 Å². The summed E-state index contributed by atoms with van der Waals surface area (Å²) in [7, 11) is -3.80. The maximum absolute atomic E-state index is 12.2. The number of aromatic nitrogens is 3. The van der Waals surface area contributed by atoms with Crippen molar-refractivity contribution < 1.29 is 13.2 Å². The SMILES string of the molecule is O=C(C=Cc1ccccc1Cl)Nc1ccc(S(=O)(=O)Nc2ncn[nH]2)cc1. The van der Waals surface area contributed by atoms with Crippen LogP contribution >= 0.6 is 11.6 Å². The third-order valence-electron chi connectivity index (χ3n) is 3.40. The predicted molar refractivity (Wildman–Crippen MR) is 103 cm³/mol. The van der Waals surface area contributed by atoms with Crippen LogP contribution in [0, 0.1) is 0 Å². The quantitative estimate of drug-likeness (QED) is 0.547. The van der Waals surface area contributed by atoms with Gasteiger partial charge in [-0.3, -0.25) is 4.79 Å². The number of anilines is 2. The molecule has 0 spiro atoms. The fraction of sp³-hybridized carbons (Fsp3) is 0. The Balaban J connectivity index is 1.65. The Bertz CT molecular complexity index is 1060. The molecule has 3 aromatic rings. The normalized spacial score (nSPS) is 11.4. The fourth-order valence-corrected chi connectivity index (χ4v) is 3.28. The lowest BCUT2D eigenvalue weighted by atomic mass is 10.2. The number of aromatic amines is 1. The monoisotopic (exact) mass is 403 g/mol. The molecule has 138 valence electrons. The van der Waals surface area contributed by atoms with Crippen LogP contribution in [0.1, 0.15) is 5.56 Å². The number of hydrogen-bond acceptors (Lipinski definition) is 5. The summed E-state index contributed by atoms with van der Waals surface area (Å²) in [4.78, 5) is 15.7. The maximum Gasteiger partial charge on any atom is 0.264 e. The topological polar surface area (TPSA) is 117 Å². The van der Waals surface area contributed by atoms with Crippen LogP contribution in [0.5, 0.6) is 0 Å². The first-order valence-electron chi connectivity index (χ1n) is 7.66. The van der Waals surface area contributed by atoms with Crippen molar-refractivity contribution in [1.29, 1.82) is 0 Å². The van der Waals surface area contributed by atoms with E-state index in [1.165, 1.54) is 36.7 Å². The van der Waals surface area contributed by atoms with Crippen molar-refractivity contribution in [2.75, 3.05) is 10.0 Å². The number of amides is 1. The molecule has 3 N–H and O–H groups in total. The van der Waals surface area contributed by atoms with Crippen molar-refractivity contribution in [3.63, 3.8) is 0 Å². The summed E-state index contributed by atoms with van der Waals surface area (Å²) in [6.07, 6.45) is 4.13. The number of hydrogen-bond donors (Lipinski definition) is 3. The fourth-order valence-electron chi connectivity index (χ4n) is 2.12. The number of carbonyl (C=O) groups excluding carboxylic acids is 1. The lowest BCUT2D eigenvalue weighted by Gasteiger charge is -2.07. The summed E-state index contributed by atoms with van der Waals surface area (Å²) in [5, 5.41) is 9.15. The molecule has 27 heavy (non-hydrogen) atoms. The van der Waals surface area contributed by atoms with Gasteiger partial charge in [-0.25, -0.2) is 18.2 Å². The van der Waals surface area contributed by atoms with Crippen molar-refractivity contribution in [3.8, 4) is 0 Å². The van der Waals surface area contributed by atoms with Crippen LogP contribution in [0.4, 0.5) is 11.6 Å². The molecule has 8 nitrogen and oxygen atoms in total. The molecular formula is C17H14ClN5O3S. The molecule has 0 saturated heterocycles. The van der Waals surface area contributed by atoms with Gasteiger partial charge in [-0.2, -0.15) is 10.1 Å². The van der Waals surface area contributed by atoms with E-state index in [-0.39, 0.29) is 16.8 Å². The number of nitrogens with zero attached hydrogens (tertiary/aromatic N) is 2. The van der Waals surface area contributed by atoms with Gasteiger partial charge in [0.2, 0.25) is 11.9 Å². The molecule has 0 aliphatic rings. The molecule has 2 aromatic carbocycles. The van der Waals surface area contributed by atoms with Gasteiger partial charge < -0.3 is 5.32 Å². The van der Waals surface area contributed by atoms with Gasteiger partial charge in [0.05, 0.1) is 4.90 Å². The average Bonchev–Trinajstić information content (AvgIpc) is 3.14. The van der Waals surface area contributed by atoms with Crippen LogP contribution in [0.3, 0.4) is 0 Å². The Morgan fingerprint density at radius 3 is 2.52 bits per heavy atom. The van der Waals surface area contributed by atoms with Gasteiger partial charge >= 0.3 is 0 Å². The average molecular weight is 404 g/mol. The van der Waals surface area contributed by atoms with E-state index in [9.17, 15) is 13.2 Å². The molecule has 0 unspecified atom stereocenters. The Morgan fingerprint density at radius 2 is 1.85 bits per heavy atom. The van der Waals surface area contributed by atoms with Gasteiger partial charge in [-0.15, -0.1) is 0 Å². The van der Waals surface area contributed by atoms with Gasteiger partial charge in [-0.1, -0.05) is 29.8 Å². The first-order valence-corrected chi connectivity index (χ1v) is 9.52. The number of carbonyl (C=O) groups is 1. The van der Waals surface area contributed by atoms with E-state index in [2.05, 4.69) is 25.2 Å². The van der Waals surface area contributed by atoms with Crippen LogP contribution in [-0.2, 0) is 14.8 Å². The largest absolute Gasteiger partial charge is 0.323 e. The van der Waals surface area contributed by atoms with Gasteiger partial charge in [0.15, 0.2) is 0 Å². The zero-order valence-corrected chi connectivity index (χ0v) is 15.3. The molecule has 10 heteroatoms. The lowest BCUT2D eigenvalue weighted by Crippen LogP contribution is -2.14. The highest BCUT2D eigenvalue weighted by molar-refractivity contribution is 7.92. The van der Waals surface area contributed by atoms with E-state index < -0.39 is 10.0 Å². The molecule has 1 aromatic heterocycles. The molecule has 0 fully saturated rings. The molecule has 0 bridgehead atoms. The highest BCUT2D eigenvalue weighted by Crippen LogP contribution is 2.18. The minimum absolute atomic E-state index is 0.0112. The second kappa shape index (κ2) is 8.02. The molecule has 0 atom stereocenters. The molecule has 0 radical (unpaired) electrons. The summed E-state index contributed by atoms with van der Waals surface area (Å²) in [5.41, 5.74) is 1.16. The molecule has 0 aliphatic carbocycles. The number of nitrogens with one attached hydrogen (secondary N) is 3. The predicted octanol–water partition coefficient (Wildman–Crippen LogP) is 2.91. The minimum Gasteiger partial charge on any atom is -0.323 e. The molecule has 1 amide bonds. The summed E-state index contributed by atoms with van der Waals surface area (Å²) in [6.45, 7) is 0. The Morgan fingerprint density at radius 1 is 1.11 bits per heavy atom. The summed E-state index contributed by atoms with van der Waals surface area (Å²) in [5.74, 6) is -0.359. The van der Waals surface area contributed by atoms with Crippen molar-refractivity contribution in [3.05, 3.63) is 71.5 Å². The maximum atomic E-state index is 12.2. The number of rotatable bonds is 6. The summed E-state index contributed by atoms with van der Waals surface area (Å²) < 4.78 is 26.7. The summed E-state index contributed by atoms with van der Waals surface area (Å²) in [6, 6.07) is 12.8. The third-order valence-corrected chi connectivity index (χ3v) is 5.10. The van der Waals surface area contributed by atoms with Crippen LogP contribution in [0.2, 0.25) is 5.02 Å². The van der Waals surface area contributed by atoms with E-state index in [0.717, 1.165) is 0 Å². The van der Waals surface area contributed by atoms with Crippen molar-refractivity contribution in [2.45, 2.75) is 4.90 Å². The first-order chi connectivity index (χ1) is 12.9. The van der Waals surface area contributed by atoms with Gasteiger partial charge in [0.1, 0.15) is 6.33 Å². The number of sulfonamides is 1. The van der Waals surface area contributed by atoms with Crippen molar-refractivity contribution in [2.24, 2.45) is 0 Å².